The quantitative estimate of drug-likeness (QED) is 0.706. The van der Waals surface area contributed by atoms with Gasteiger partial charge in [0, 0.05) is 55.3 Å². The Morgan fingerprint density at radius 1 is 1.10 bits per heavy atom. The fourth-order valence-corrected chi connectivity index (χ4v) is 4.59. The maximum atomic E-state index is 12.8. The first-order valence-corrected chi connectivity index (χ1v) is 10.7. The molecule has 3 aromatic rings. The molecule has 0 aromatic carbocycles. The number of H-pyrrole nitrogens is 1. The highest BCUT2D eigenvalue weighted by Crippen LogP contribution is 2.32. The zero-order valence-corrected chi connectivity index (χ0v) is 16.5. The number of imidazole rings is 1. The van der Waals surface area contributed by atoms with Crippen molar-refractivity contribution in [1.82, 2.24) is 29.5 Å². The topological polar surface area (TPSA) is 91.2 Å². The zero-order chi connectivity index (χ0) is 19.6. The molecular formula is C21H27N7O. The summed E-state index contributed by atoms with van der Waals surface area (Å²) in [5, 5.41) is 10.7. The summed E-state index contributed by atoms with van der Waals surface area (Å²) >= 11 is 0. The molecule has 152 valence electrons. The molecule has 2 aliphatic rings. The first-order valence-electron chi connectivity index (χ1n) is 10.7. The number of hydrogen-bond acceptors (Lipinski definition) is 4. The number of nitrogens with zero attached hydrogens (tertiary/aromatic N) is 5. The Labute approximate surface area is 169 Å². The minimum Gasteiger partial charge on any atom is -0.324 e. The summed E-state index contributed by atoms with van der Waals surface area (Å²) in [5.74, 6) is 2.61. The van der Waals surface area contributed by atoms with E-state index in [0.29, 0.717) is 12.5 Å². The second-order valence-corrected chi connectivity index (χ2v) is 8.24. The van der Waals surface area contributed by atoms with Crippen LogP contribution >= 0.6 is 0 Å². The summed E-state index contributed by atoms with van der Waals surface area (Å²) in [4.78, 5) is 23.8. The maximum absolute atomic E-state index is 12.8. The van der Waals surface area contributed by atoms with Crippen molar-refractivity contribution in [3.63, 3.8) is 0 Å². The summed E-state index contributed by atoms with van der Waals surface area (Å²) in [6, 6.07) is 3.69. The van der Waals surface area contributed by atoms with Gasteiger partial charge in [-0.1, -0.05) is 19.3 Å². The molecule has 3 aromatic heterocycles. The number of rotatable bonds is 3. The Bertz CT molecular complexity index is 988. The lowest BCUT2D eigenvalue weighted by molar-refractivity contribution is 0.191. The average molecular weight is 393 g/mol. The van der Waals surface area contributed by atoms with Crippen LogP contribution in [0.15, 0.2) is 30.7 Å². The van der Waals surface area contributed by atoms with E-state index in [1.807, 2.05) is 33.8 Å². The van der Waals surface area contributed by atoms with Gasteiger partial charge in [0.25, 0.3) is 0 Å². The molecule has 0 spiro atoms. The van der Waals surface area contributed by atoms with Gasteiger partial charge >= 0.3 is 6.03 Å². The third-order valence-corrected chi connectivity index (χ3v) is 6.23. The Morgan fingerprint density at radius 3 is 2.86 bits per heavy atom. The van der Waals surface area contributed by atoms with Crippen LogP contribution < -0.4 is 5.32 Å². The second kappa shape index (κ2) is 7.85. The number of hydrogen-bond donors (Lipinski definition) is 2. The van der Waals surface area contributed by atoms with E-state index in [1.165, 1.54) is 32.1 Å². The standard InChI is InChI=1S/C21H27N7O/c29-21(23-17-8-11-27-12-9-22-18(27)13-17)28-10-4-7-16(14-28)20-24-19(25-26-20)15-5-2-1-3-6-15/h8-9,11-13,15-16H,1-7,10,14H2,(H,23,29)(H,24,25,26). The van der Waals surface area contributed by atoms with Gasteiger partial charge in [-0.2, -0.15) is 5.10 Å². The SMILES string of the molecule is O=C(Nc1ccn2ccnc2c1)N1CCCC(c2n[nH]c(C3CCCCC3)n2)C1. The molecule has 1 saturated heterocycles. The molecule has 1 atom stereocenters. The van der Waals surface area contributed by atoms with Gasteiger partial charge in [-0.3, -0.25) is 5.10 Å². The second-order valence-electron chi connectivity index (χ2n) is 8.24. The number of likely N-dealkylation sites (tertiary alicyclic amines) is 1. The molecule has 5 rings (SSSR count). The molecule has 8 heteroatoms. The fourth-order valence-electron chi connectivity index (χ4n) is 4.59. The van der Waals surface area contributed by atoms with Crippen LogP contribution in [0, 0.1) is 0 Å². The van der Waals surface area contributed by atoms with E-state index in [9.17, 15) is 4.79 Å². The van der Waals surface area contributed by atoms with E-state index in [-0.39, 0.29) is 11.9 Å². The predicted octanol–water partition coefficient (Wildman–Crippen LogP) is 3.91. The van der Waals surface area contributed by atoms with Gasteiger partial charge in [-0.15, -0.1) is 0 Å². The molecule has 2 N–H and O–H groups in total. The first kappa shape index (κ1) is 18.1. The van der Waals surface area contributed by atoms with Crippen molar-refractivity contribution < 1.29 is 4.79 Å². The molecule has 0 radical (unpaired) electrons. The molecule has 0 bridgehead atoms. The molecule has 2 amide bonds. The van der Waals surface area contributed by atoms with Crippen LogP contribution in [0.1, 0.15) is 68.4 Å². The smallest absolute Gasteiger partial charge is 0.321 e. The van der Waals surface area contributed by atoms with E-state index in [4.69, 9.17) is 4.98 Å². The van der Waals surface area contributed by atoms with Crippen LogP contribution in [0.5, 0.6) is 0 Å². The van der Waals surface area contributed by atoms with E-state index < -0.39 is 0 Å². The maximum Gasteiger partial charge on any atom is 0.321 e. The number of nitrogens with one attached hydrogen (secondary N) is 2. The third kappa shape index (κ3) is 3.83. The first-order chi connectivity index (χ1) is 14.3. The fraction of sp³-hybridized carbons (Fsp3) is 0.524. The Kier molecular flexibility index (Phi) is 4.91. The minimum atomic E-state index is -0.0753. The van der Waals surface area contributed by atoms with Crippen LogP contribution in [-0.4, -0.2) is 48.6 Å². The van der Waals surface area contributed by atoms with E-state index in [0.717, 1.165) is 42.4 Å². The number of urea groups is 1. The van der Waals surface area contributed by atoms with E-state index >= 15 is 0 Å². The zero-order valence-electron chi connectivity index (χ0n) is 16.5. The third-order valence-electron chi connectivity index (χ3n) is 6.23. The Balaban J connectivity index is 1.24. The van der Waals surface area contributed by atoms with Crippen LogP contribution in [-0.2, 0) is 0 Å². The summed E-state index contributed by atoms with van der Waals surface area (Å²) in [7, 11) is 0. The molecule has 4 heterocycles. The van der Waals surface area contributed by atoms with Crippen molar-refractivity contribution >= 4 is 17.4 Å². The summed E-state index contributed by atoms with van der Waals surface area (Å²) < 4.78 is 1.92. The lowest BCUT2D eigenvalue weighted by atomic mass is 9.89. The lowest BCUT2D eigenvalue weighted by Crippen LogP contribution is -2.41. The van der Waals surface area contributed by atoms with Crippen molar-refractivity contribution in [2.24, 2.45) is 0 Å². The Morgan fingerprint density at radius 2 is 1.97 bits per heavy atom. The van der Waals surface area contributed by atoms with Crippen LogP contribution in [0.2, 0.25) is 0 Å². The number of piperidine rings is 1. The number of carbonyl (C=O) groups excluding carboxylic acids is 1. The monoisotopic (exact) mass is 393 g/mol. The van der Waals surface area contributed by atoms with Crippen molar-refractivity contribution in [3.05, 3.63) is 42.4 Å². The van der Waals surface area contributed by atoms with Gasteiger partial charge in [0.1, 0.15) is 11.5 Å². The predicted molar refractivity (Wildman–Crippen MR) is 110 cm³/mol. The van der Waals surface area contributed by atoms with Gasteiger partial charge in [0.2, 0.25) is 0 Å². The van der Waals surface area contributed by atoms with Crippen molar-refractivity contribution in [1.29, 1.82) is 0 Å². The average Bonchev–Trinajstić information content (AvgIpc) is 3.44. The van der Waals surface area contributed by atoms with Gasteiger partial charge in [0.15, 0.2) is 5.82 Å². The molecule has 1 aliphatic carbocycles. The number of amides is 2. The van der Waals surface area contributed by atoms with Gasteiger partial charge < -0.3 is 14.6 Å². The number of pyridine rings is 1. The molecule has 1 saturated carbocycles. The van der Waals surface area contributed by atoms with Gasteiger partial charge in [-0.05, 0) is 31.7 Å². The van der Waals surface area contributed by atoms with Gasteiger partial charge in [-0.25, -0.2) is 14.8 Å². The molecule has 1 aliphatic heterocycles. The molecule has 29 heavy (non-hydrogen) atoms. The highest BCUT2D eigenvalue weighted by molar-refractivity contribution is 5.89. The summed E-state index contributed by atoms with van der Waals surface area (Å²) in [6.45, 7) is 1.41. The largest absolute Gasteiger partial charge is 0.324 e. The van der Waals surface area contributed by atoms with Crippen LogP contribution in [0.4, 0.5) is 10.5 Å². The Hall–Kier alpha value is -2.90. The number of aromatic nitrogens is 5. The summed E-state index contributed by atoms with van der Waals surface area (Å²) in [6.07, 6.45) is 13.8. The number of aromatic amines is 1. The number of fused-ring (bicyclic) bond motifs is 1. The van der Waals surface area contributed by atoms with Crippen molar-refractivity contribution in [3.8, 4) is 0 Å². The van der Waals surface area contributed by atoms with Crippen molar-refractivity contribution in [2.75, 3.05) is 18.4 Å². The minimum absolute atomic E-state index is 0.0753. The molecule has 8 nitrogen and oxygen atoms in total. The number of anilines is 1. The molecule has 2 fully saturated rings. The number of carbonyl (C=O) groups is 1. The normalized spacial score (nSPS) is 20.8. The molecule has 1 unspecified atom stereocenters. The highest BCUT2D eigenvalue weighted by atomic mass is 16.2. The van der Waals surface area contributed by atoms with Crippen molar-refractivity contribution in [2.45, 2.75) is 56.8 Å². The van der Waals surface area contributed by atoms with Gasteiger partial charge in [0.05, 0.1) is 0 Å². The summed E-state index contributed by atoms with van der Waals surface area (Å²) in [5.41, 5.74) is 1.57. The van der Waals surface area contributed by atoms with Crippen LogP contribution in [0.25, 0.3) is 5.65 Å². The molecular weight excluding hydrogens is 366 g/mol. The highest BCUT2D eigenvalue weighted by Gasteiger charge is 2.28. The van der Waals surface area contributed by atoms with Crippen LogP contribution in [0.3, 0.4) is 0 Å². The van der Waals surface area contributed by atoms with E-state index in [1.54, 1.807) is 6.20 Å². The lowest BCUT2D eigenvalue weighted by Gasteiger charge is -2.31. The van der Waals surface area contributed by atoms with E-state index in [2.05, 4.69) is 20.5 Å².